The average Bonchev–Trinajstić information content (AvgIpc) is 2.56. The van der Waals surface area contributed by atoms with Gasteiger partial charge in [-0.2, -0.15) is 0 Å². The fourth-order valence-electron chi connectivity index (χ4n) is 2.49. The standard InChI is InChI=1S/C19H25NO2/c1-20(14-17-5-7-18(15-21)8-6-17)13-3-4-16-9-11-19(22-2)12-10-16/h5-12,21H,3-4,13-15H2,1-2H3. The molecule has 0 spiro atoms. The van der Waals surface area contributed by atoms with Crippen LogP contribution in [0, 0.1) is 0 Å². The number of hydrogen-bond donors (Lipinski definition) is 1. The summed E-state index contributed by atoms with van der Waals surface area (Å²) in [5.74, 6) is 0.909. The van der Waals surface area contributed by atoms with Crippen molar-refractivity contribution in [3.8, 4) is 5.75 Å². The molecule has 118 valence electrons. The van der Waals surface area contributed by atoms with Crippen LogP contribution >= 0.6 is 0 Å². The molecule has 0 aliphatic heterocycles. The molecule has 0 saturated heterocycles. The molecule has 1 N–H and O–H groups in total. The highest BCUT2D eigenvalue weighted by atomic mass is 16.5. The normalized spacial score (nSPS) is 10.9. The van der Waals surface area contributed by atoms with Crippen LogP contribution in [0.4, 0.5) is 0 Å². The minimum atomic E-state index is 0.109. The Kier molecular flexibility index (Phi) is 6.44. The van der Waals surface area contributed by atoms with Gasteiger partial charge in [0.1, 0.15) is 5.75 Å². The molecule has 0 aliphatic carbocycles. The predicted octanol–water partition coefficient (Wildman–Crippen LogP) is 3.25. The lowest BCUT2D eigenvalue weighted by Crippen LogP contribution is -2.19. The highest BCUT2D eigenvalue weighted by Gasteiger charge is 2.02. The average molecular weight is 299 g/mol. The van der Waals surface area contributed by atoms with E-state index < -0.39 is 0 Å². The number of aliphatic hydroxyl groups excluding tert-OH is 1. The maximum atomic E-state index is 9.05. The van der Waals surface area contributed by atoms with E-state index in [1.165, 1.54) is 11.1 Å². The number of ether oxygens (including phenoxy) is 1. The van der Waals surface area contributed by atoms with Gasteiger partial charge in [0.05, 0.1) is 13.7 Å². The first-order chi connectivity index (χ1) is 10.7. The van der Waals surface area contributed by atoms with E-state index in [0.717, 1.165) is 37.2 Å². The molecular formula is C19H25NO2. The summed E-state index contributed by atoms with van der Waals surface area (Å²) in [6, 6.07) is 16.4. The van der Waals surface area contributed by atoms with Gasteiger partial charge in [-0.15, -0.1) is 0 Å². The van der Waals surface area contributed by atoms with Crippen LogP contribution < -0.4 is 4.74 Å². The van der Waals surface area contributed by atoms with E-state index >= 15 is 0 Å². The molecule has 0 bridgehead atoms. The second-order valence-corrected chi connectivity index (χ2v) is 5.66. The fourth-order valence-corrected chi connectivity index (χ4v) is 2.49. The number of aliphatic hydroxyl groups is 1. The fraction of sp³-hybridized carbons (Fsp3) is 0.368. The molecule has 0 amide bonds. The lowest BCUT2D eigenvalue weighted by Gasteiger charge is -2.17. The SMILES string of the molecule is COc1ccc(CCCN(C)Cc2ccc(CO)cc2)cc1. The van der Waals surface area contributed by atoms with Crippen LogP contribution in [0.5, 0.6) is 5.75 Å². The maximum Gasteiger partial charge on any atom is 0.118 e. The molecule has 0 atom stereocenters. The van der Waals surface area contributed by atoms with E-state index in [4.69, 9.17) is 9.84 Å². The first-order valence-corrected chi connectivity index (χ1v) is 7.71. The smallest absolute Gasteiger partial charge is 0.118 e. The minimum absolute atomic E-state index is 0.109. The summed E-state index contributed by atoms with van der Waals surface area (Å²) in [5.41, 5.74) is 3.59. The van der Waals surface area contributed by atoms with E-state index in [1.807, 2.05) is 24.3 Å². The second kappa shape index (κ2) is 8.57. The van der Waals surface area contributed by atoms with Crippen molar-refractivity contribution in [3.63, 3.8) is 0 Å². The number of hydrogen-bond acceptors (Lipinski definition) is 3. The third-order valence-corrected chi connectivity index (χ3v) is 3.82. The molecule has 3 heteroatoms. The molecule has 2 aromatic carbocycles. The second-order valence-electron chi connectivity index (χ2n) is 5.66. The number of benzene rings is 2. The molecule has 0 aliphatic rings. The van der Waals surface area contributed by atoms with Crippen LogP contribution in [0.3, 0.4) is 0 Å². The van der Waals surface area contributed by atoms with Gasteiger partial charge in [-0.05, 0) is 55.3 Å². The van der Waals surface area contributed by atoms with Gasteiger partial charge in [0, 0.05) is 6.54 Å². The van der Waals surface area contributed by atoms with Crippen molar-refractivity contribution in [2.45, 2.75) is 26.0 Å². The van der Waals surface area contributed by atoms with Gasteiger partial charge < -0.3 is 14.7 Å². The molecule has 0 radical (unpaired) electrons. The quantitative estimate of drug-likeness (QED) is 0.812. The Morgan fingerprint density at radius 3 is 2.09 bits per heavy atom. The Balaban J connectivity index is 1.73. The minimum Gasteiger partial charge on any atom is -0.497 e. The summed E-state index contributed by atoms with van der Waals surface area (Å²) < 4.78 is 5.17. The van der Waals surface area contributed by atoms with E-state index in [2.05, 4.69) is 36.2 Å². The molecule has 0 unspecified atom stereocenters. The van der Waals surface area contributed by atoms with Gasteiger partial charge in [0.2, 0.25) is 0 Å². The van der Waals surface area contributed by atoms with E-state index in [1.54, 1.807) is 7.11 Å². The lowest BCUT2D eigenvalue weighted by molar-refractivity contribution is 0.281. The van der Waals surface area contributed by atoms with Gasteiger partial charge in [-0.3, -0.25) is 0 Å². The Morgan fingerprint density at radius 2 is 1.50 bits per heavy atom. The number of aryl methyl sites for hydroxylation is 1. The topological polar surface area (TPSA) is 32.7 Å². The van der Waals surface area contributed by atoms with Crippen LogP contribution in [0.15, 0.2) is 48.5 Å². The molecule has 0 heterocycles. The Morgan fingerprint density at radius 1 is 0.909 bits per heavy atom. The summed E-state index contributed by atoms with van der Waals surface area (Å²) in [6.45, 7) is 2.11. The van der Waals surface area contributed by atoms with Crippen molar-refractivity contribution in [3.05, 3.63) is 65.2 Å². The molecule has 2 rings (SSSR count). The van der Waals surface area contributed by atoms with Crippen LogP contribution in [0.2, 0.25) is 0 Å². The van der Waals surface area contributed by atoms with Crippen LogP contribution in [-0.4, -0.2) is 30.7 Å². The molecule has 22 heavy (non-hydrogen) atoms. The molecule has 0 aromatic heterocycles. The molecule has 0 saturated carbocycles. The highest BCUT2D eigenvalue weighted by Crippen LogP contribution is 2.13. The Labute approximate surface area is 133 Å². The predicted molar refractivity (Wildman–Crippen MR) is 90.0 cm³/mol. The largest absolute Gasteiger partial charge is 0.497 e. The van der Waals surface area contributed by atoms with Gasteiger partial charge in [0.15, 0.2) is 0 Å². The summed E-state index contributed by atoms with van der Waals surface area (Å²) in [6.07, 6.45) is 2.22. The zero-order valence-electron chi connectivity index (χ0n) is 13.5. The molecular weight excluding hydrogens is 274 g/mol. The van der Waals surface area contributed by atoms with E-state index in [-0.39, 0.29) is 6.61 Å². The molecule has 2 aromatic rings. The number of rotatable bonds is 8. The maximum absolute atomic E-state index is 9.05. The van der Waals surface area contributed by atoms with Crippen LogP contribution in [0.25, 0.3) is 0 Å². The van der Waals surface area contributed by atoms with E-state index in [9.17, 15) is 0 Å². The van der Waals surface area contributed by atoms with Gasteiger partial charge in [-0.25, -0.2) is 0 Å². The summed E-state index contributed by atoms with van der Waals surface area (Å²) >= 11 is 0. The zero-order chi connectivity index (χ0) is 15.8. The molecule has 3 nitrogen and oxygen atoms in total. The first-order valence-electron chi connectivity index (χ1n) is 7.71. The zero-order valence-corrected chi connectivity index (χ0v) is 13.5. The Hall–Kier alpha value is -1.84. The van der Waals surface area contributed by atoms with Gasteiger partial charge >= 0.3 is 0 Å². The third kappa shape index (κ3) is 5.17. The van der Waals surface area contributed by atoms with Crippen molar-refractivity contribution in [2.24, 2.45) is 0 Å². The number of methoxy groups -OCH3 is 1. The highest BCUT2D eigenvalue weighted by molar-refractivity contribution is 5.27. The van der Waals surface area contributed by atoms with Crippen molar-refractivity contribution in [1.82, 2.24) is 4.90 Å². The number of nitrogens with zero attached hydrogens (tertiary/aromatic N) is 1. The van der Waals surface area contributed by atoms with Crippen molar-refractivity contribution in [2.75, 3.05) is 20.7 Å². The van der Waals surface area contributed by atoms with Gasteiger partial charge in [0.25, 0.3) is 0 Å². The van der Waals surface area contributed by atoms with Gasteiger partial charge in [-0.1, -0.05) is 36.4 Å². The van der Waals surface area contributed by atoms with Crippen molar-refractivity contribution >= 4 is 0 Å². The third-order valence-electron chi connectivity index (χ3n) is 3.82. The lowest BCUT2D eigenvalue weighted by atomic mass is 10.1. The monoisotopic (exact) mass is 299 g/mol. The van der Waals surface area contributed by atoms with E-state index in [0.29, 0.717) is 0 Å². The Bertz CT molecular complexity index is 549. The van der Waals surface area contributed by atoms with Crippen molar-refractivity contribution < 1.29 is 9.84 Å². The van der Waals surface area contributed by atoms with Crippen LogP contribution in [-0.2, 0) is 19.6 Å². The van der Waals surface area contributed by atoms with Crippen LogP contribution in [0.1, 0.15) is 23.1 Å². The summed E-state index contributed by atoms with van der Waals surface area (Å²) in [4.78, 5) is 2.33. The summed E-state index contributed by atoms with van der Waals surface area (Å²) in [7, 11) is 3.84. The molecule has 0 fully saturated rings. The van der Waals surface area contributed by atoms with Crippen molar-refractivity contribution in [1.29, 1.82) is 0 Å². The first kappa shape index (κ1) is 16.5. The summed E-state index contributed by atoms with van der Waals surface area (Å²) in [5, 5.41) is 9.05.